The number of carboxylic acids is 1. The minimum Gasteiger partial charge on any atom is -0.478 e. The second-order valence-electron chi connectivity index (χ2n) is 4.99. The van der Waals surface area contributed by atoms with E-state index in [0.29, 0.717) is 13.1 Å². The predicted octanol–water partition coefficient (Wildman–Crippen LogP) is 1.09. The van der Waals surface area contributed by atoms with Crippen molar-refractivity contribution in [1.82, 2.24) is 4.90 Å². The van der Waals surface area contributed by atoms with Crippen LogP contribution >= 0.6 is 0 Å². The Balaban J connectivity index is 2.06. The molecule has 0 saturated carbocycles. The number of aliphatic carboxylic acids is 1. The van der Waals surface area contributed by atoms with Crippen LogP contribution in [0, 0.1) is 5.92 Å². The fourth-order valence-electron chi connectivity index (χ4n) is 2.45. The van der Waals surface area contributed by atoms with Gasteiger partial charge in [0.25, 0.3) is 0 Å². The molecule has 0 aliphatic carbocycles. The van der Waals surface area contributed by atoms with Gasteiger partial charge in [-0.3, -0.25) is 9.69 Å². The molecule has 0 bridgehead atoms. The number of benzene rings is 1. The highest BCUT2D eigenvalue weighted by atomic mass is 16.4. The Morgan fingerprint density at radius 1 is 1.40 bits per heavy atom. The summed E-state index contributed by atoms with van der Waals surface area (Å²) >= 11 is 0. The van der Waals surface area contributed by atoms with Gasteiger partial charge in [0.15, 0.2) is 0 Å². The third kappa shape index (κ3) is 3.68. The van der Waals surface area contributed by atoms with E-state index in [1.54, 1.807) is 6.08 Å². The van der Waals surface area contributed by atoms with Crippen molar-refractivity contribution in [2.45, 2.75) is 13.0 Å². The van der Waals surface area contributed by atoms with Crippen LogP contribution in [0.25, 0.3) is 6.08 Å². The lowest BCUT2D eigenvalue weighted by Gasteiger charge is -2.17. The number of primary amides is 1. The number of carbonyl (C=O) groups is 2. The summed E-state index contributed by atoms with van der Waals surface area (Å²) in [6.45, 7) is 2.21. The zero-order valence-electron chi connectivity index (χ0n) is 11.2. The summed E-state index contributed by atoms with van der Waals surface area (Å²) in [7, 11) is 0. The van der Waals surface area contributed by atoms with Crippen molar-refractivity contribution >= 4 is 18.0 Å². The van der Waals surface area contributed by atoms with Crippen LogP contribution in [-0.2, 0) is 16.1 Å². The van der Waals surface area contributed by atoms with Crippen molar-refractivity contribution in [3.8, 4) is 0 Å². The van der Waals surface area contributed by atoms with Crippen LogP contribution < -0.4 is 5.73 Å². The third-order valence-corrected chi connectivity index (χ3v) is 3.53. The van der Waals surface area contributed by atoms with E-state index in [1.807, 2.05) is 24.3 Å². The van der Waals surface area contributed by atoms with Gasteiger partial charge in [0.1, 0.15) is 0 Å². The molecule has 1 aliphatic rings. The van der Waals surface area contributed by atoms with Gasteiger partial charge >= 0.3 is 5.97 Å². The number of amides is 1. The van der Waals surface area contributed by atoms with Crippen LogP contribution in [-0.4, -0.2) is 35.0 Å². The van der Waals surface area contributed by atoms with E-state index in [4.69, 9.17) is 10.8 Å². The minimum absolute atomic E-state index is 0.0725. The summed E-state index contributed by atoms with van der Waals surface area (Å²) in [6.07, 6.45) is 3.52. The van der Waals surface area contributed by atoms with Crippen molar-refractivity contribution in [3.63, 3.8) is 0 Å². The molecule has 1 amide bonds. The Bertz CT molecular complexity index is 540. The minimum atomic E-state index is -0.963. The van der Waals surface area contributed by atoms with Gasteiger partial charge in [0, 0.05) is 19.2 Å². The molecule has 5 nitrogen and oxygen atoms in total. The molecule has 1 unspecified atom stereocenters. The van der Waals surface area contributed by atoms with E-state index in [1.165, 1.54) is 0 Å². The Labute approximate surface area is 117 Å². The highest BCUT2D eigenvalue weighted by Crippen LogP contribution is 2.20. The summed E-state index contributed by atoms with van der Waals surface area (Å²) < 4.78 is 0. The van der Waals surface area contributed by atoms with Crippen LogP contribution in [0.3, 0.4) is 0 Å². The van der Waals surface area contributed by atoms with Crippen molar-refractivity contribution < 1.29 is 14.7 Å². The maximum atomic E-state index is 11.2. The molecular weight excluding hydrogens is 256 g/mol. The van der Waals surface area contributed by atoms with Gasteiger partial charge in [-0.15, -0.1) is 0 Å². The number of nitrogens with two attached hydrogens (primary N) is 1. The monoisotopic (exact) mass is 274 g/mol. The van der Waals surface area contributed by atoms with E-state index in [9.17, 15) is 9.59 Å². The molecule has 1 aromatic carbocycles. The first kappa shape index (κ1) is 14.3. The number of nitrogens with zero attached hydrogens (tertiary/aromatic N) is 1. The molecule has 20 heavy (non-hydrogen) atoms. The quantitative estimate of drug-likeness (QED) is 0.787. The molecule has 0 radical (unpaired) electrons. The fraction of sp³-hybridized carbons (Fsp3) is 0.333. The van der Waals surface area contributed by atoms with E-state index >= 15 is 0 Å². The van der Waals surface area contributed by atoms with Crippen LogP contribution in [0.2, 0.25) is 0 Å². The van der Waals surface area contributed by atoms with Crippen LogP contribution in [0.5, 0.6) is 0 Å². The highest BCUT2D eigenvalue weighted by molar-refractivity contribution is 5.85. The van der Waals surface area contributed by atoms with Crippen molar-refractivity contribution in [2.75, 3.05) is 13.1 Å². The molecule has 0 spiro atoms. The topological polar surface area (TPSA) is 83.6 Å². The molecule has 1 aromatic rings. The molecule has 0 aromatic heterocycles. The lowest BCUT2D eigenvalue weighted by atomic mass is 10.1. The molecule has 1 fully saturated rings. The predicted molar refractivity (Wildman–Crippen MR) is 75.7 cm³/mol. The molecule has 5 heteroatoms. The molecule has 1 saturated heterocycles. The Morgan fingerprint density at radius 3 is 2.80 bits per heavy atom. The largest absolute Gasteiger partial charge is 0.478 e. The number of likely N-dealkylation sites (tertiary alicyclic amines) is 1. The van der Waals surface area contributed by atoms with Crippen molar-refractivity contribution in [1.29, 1.82) is 0 Å². The average molecular weight is 274 g/mol. The van der Waals surface area contributed by atoms with Crippen molar-refractivity contribution in [3.05, 3.63) is 41.5 Å². The van der Waals surface area contributed by atoms with E-state index in [0.717, 1.165) is 30.2 Å². The zero-order valence-corrected chi connectivity index (χ0v) is 11.2. The van der Waals surface area contributed by atoms with E-state index < -0.39 is 5.97 Å². The Morgan fingerprint density at radius 2 is 2.15 bits per heavy atom. The Hall–Kier alpha value is -2.14. The first-order valence-corrected chi connectivity index (χ1v) is 6.57. The van der Waals surface area contributed by atoms with Gasteiger partial charge in [0.2, 0.25) is 5.91 Å². The molecule has 2 rings (SSSR count). The second-order valence-corrected chi connectivity index (χ2v) is 4.99. The van der Waals surface area contributed by atoms with Gasteiger partial charge in [-0.25, -0.2) is 4.79 Å². The highest BCUT2D eigenvalue weighted by Gasteiger charge is 2.26. The average Bonchev–Trinajstić information content (AvgIpc) is 2.86. The first-order valence-electron chi connectivity index (χ1n) is 6.57. The smallest absolute Gasteiger partial charge is 0.328 e. The summed E-state index contributed by atoms with van der Waals surface area (Å²) in [6, 6.07) is 7.66. The van der Waals surface area contributed by atoms with Crippen molar-refractivity contribution in [2.24, 2.45) is 11.7 Å². The maximum absolute atomic E-state index is 11.2. The molecule has 106 valence electrons. The SMILES string of the molecule is NC(=O)C1CCN(Cc2ccccc2/C=C/C(=O)O)C1. The van der Waals surface area contributed by atoms with Gasteiger partial charge in [-0.1, -0.05) is 24.3 Å². The molecular formula is C15H18N2O3. The van der Waals surface area contributed by atoms with E-state index in [-0.39, 0.29) is 11.8 Å². The molecule has 1 aliphatic heterocycles. The van der Waals surface area contributed by atoms with Crippen LogP contribution in [0.1, 0.15) is 17.5 Å². The second kappa shape index (κ2) is 6.34. The number of hydrogen-bond donors (Lipinski definition) is 2. The summed E-state index contributed by atoms with van der Waals surface area (Å²) in [4.78, 5) is 23.9. The summed E-state index contributed by atoms with van der Waals surface area (Å²) in [5.41, 5.74) is 7.26. The standard InChI is InChI=1S/C15H18N2O3/c16-15(20)13-7-8-17(10-13)9-12-4-2-1-3-11(12)5-6-14(18)19/h1-6,13H,7-10H2,(H2,16,20)(H,18,19)/b6-5+. The molecule has 1 atom stereocenters. The zero-order chi connectivity index (χ0) is 14.5. The van der Waals surface area contributed by atoms with Gasteiger partial charge < -0.3 is 10.8 Å². The summed E-state index contributed by atoms with van der Waals surface area (Å²) in [5.74, 6) is -1.28. The number of carboxylic acid groups (broad SMARTS) is 1. The normalized spacial score (nSPS) is 19.5. The van der Waals surface area contributed by atoms with Gasteiger partial charge in [-0.05, 0) is 30.2 Å². The number of carbonyl (C=O) groups excluding carboxylic acids is 1. The Kier molecular flexibility index (Phi) is 4.53. The fourth-order valence-corrected chi connectivity index (χ4v) is 2.45. The molecule has 1 heterocycles. The maximum Gasteiger partial charge on any atom is 0.328 e. The van der Waals surface area contributed by atoms with Gasteiger partial charge in [0.05, 0.1) is 5.92 Å². The number of rotatable bonds is 5. The molecule has 3 N–H and O–H groups in total. The lowest BCUT2D eigenvalue weighted by Crippen LogP contribution is -2.27. The van der Waals surface area contributed by atoms with Crippen LogP contribution in [0.15, 0.2) is 30.3 Å². The van der Waals surface area contributed by atoms with Crippen LogP contribution in [0.4, 0.5) is 0 Å². The number of hydrogen-bond acceptors (Lipinski definition) is 3. The van der Waals surface area contributed by atoms with Gasteiger partial charge in [-0.2, -0.15) is 0 Å². The first-order chi connectivity index (χ1) is 9.56. The summed E-state index contributed by atoms with van der Waals surface area (Å²) in [5, 5.41) is 8.70. The van der Waals surface area contributed by atoms with E-state index in [2.05, 4.69) is 4.90 Å². The lowest BCUT2D eigenvalue weighted by molar-refractivity contribution is -0.131. The third-order valence-electron chi connectivity index (χ3n) is 3.53.